The number of para-hydroxylation sites is 1. The van der Waals surface area contributed by atoms with Crippen LogP contribution in [-0.4, -0.2) is 40.5 Å². The van der Waals surface area contributed by atoms with Crippen molar-refractivity contribution in [2.24, 2.45) is 0 Å². The number of thioether (sulfide) groups is 1. The molecule has 0 bridgehead atoms. The van der Waals surface area contributed by atoms with Gasteiger partial charge in [0.2, 0.25) is 5.91 Å². The molecular formula is C25H27N3O2S. The number of hydrogen-bond donors (Lipinski definition) is 1. The number of aromatic nitrogens is 1. The molecule has 0 aliphatic heterocycles. The minimum absolute atomic E-state index is 0.0310. The summed E-state index contributed by atoms with van der Waals surface area (Å²) in [6, 6.07) is 18.1. The van der Waals surface area contributed by atoms with Crippen molar-refractivity contribution in [3.63, 3.8) is 0 Å². The van der Waals surface area contributed by atoms with Crippen LogP contribution in [0, 0.1) is 0 Å². The third-order valence-corrected chi connectivity index (χ3v) is 6.37. The Morgan fingerprint density at radius 3 is 2.52 bits per heavy atom. The van der Waals surface area contributed by atoms with Crippen LogP contribution < -0.4 is 5.32 Å². The summed E-state index contributed by atoms with van der Waals surface area (Å²) in [6.45, 7) is 2.70. The molecule has 1 N–H and O–H groups in total. The van der Waals surface area contributed by atoms with Crippen molar-refractivity contribution in [2.45, 2.75) is 43.8 Å². The first-order valence-electron chi connectivity index (χ1n) is 10.7. The van der Waals surface area contributed by atoms with E-state index in [0.717, 1.165) is 35.7 Å². The first-order chi connectivity index (χ1) is 15.0. The fraction of sp³-hybridized carbons (Fsp3) is 0.320. The third-order valence-electron chi connectivity index (χ3n) is 5.47. The maximum atomic E-state index is 12.7. The molecule has 0 spiro atoms. The van der Waals surface area contributed by atoms with Gasteiger partial charge in [-0.3, -0.25) is 9.59 Å². The number of rotatable bonds is 8. The second-order valence-corrected chi connectivity index (χ2v) is 8.98. The first kappa shape index (κ1) is 21.4. The molecule has 1 aliphatic rings. The molecule has 1 saturated carbocycles. The minimum atomic E-state index is -0.0677. The number of pyridine rings is 1. The van der Waals surface area contributed by atoms with Crippen molar-refractivity contribution in [3.05, 3.63) is 71.3 Å². The number of carbonyl (C=O) groups is 2. The fourth-order valence-corrected chi connectivity index (χ4v) is 4.25. The highest BCUT2D eigenvalue weighted by atomic mass is 32.2. The molecule has 160 valence electrons. The van der Waals surface area contributed by atoms with E-state index in [9.17, 15) is 9.59 Å². The molecular weight excluding hydrogens is 406 g/mol. The summed E-state index contributed by atoms with van der Waals surface area (Å²) < 4.78 is 0. The number of carbonyl (C=O) groups excluding carboxylic acids is 2. The largest absolute Gasteiger partial charge is 0.349 e. The quantitative estimate of drug-likeness (QED) is 0.534. The van der Waals surface area contributed by atoms with E-state index in [4.69, 9.17) is 0 Å². The van der Waals surface area contributed by atoms with Crippen molar-refractivity contribution in [1.29, 1.82) is 0 Å². The maximum Gasteiger partial charge on any atom is 0.252 e. The highest BCUT2D eigenvalue weighted by molar-refractivity contribution is 7.99. The van der Waals surface area contributed by atoms with E-state index in [1.165, 1.54) is 17.3 Å². The molecule has 1 fully saturated rings. The molecule has 0 radical (unpaired) electrons. The molecule has 6 heteroatoms. The van der Waals surface area contributed by atoms with Gasteiger partial charge in [-0.2, -0.15) is 0 Å². The van der Waals surface area contributed by atoms with E-state index in [1.54, 1.807) is 4.90 Å². The summed E-state index contributed by atoms with van der Waals surface area (Å²) >= 11 is 1.37. The van der Waals surface area contributed by atoms with Crippen LogP contribution in [0.4, 0.5) is 0 Å². The summed E-state index contributed by atoms with van der Waals surface area (Å²) in [7, 11) is 1.82. The van der Waals surface area contributed by atoms with Crippen LogP contribution in [0.3, 0.4) is 0 Å². The Morgan fingerprint density at radius 1 is 1.10 bits per heavy atom. The lowest BCUT2D eigenvalue weighted by molar-refractivity contribution is -0.127. The summed E-state index contributed by atoms with van der Waals surface area (Å²) in [6.07, 6.45) is 3.09. The number of aryl methyl sites for hydroxylation is 1. The molecule has 0 unspecified atom stereocenters. The number of nitrogens with one attached hydrogen (secondary N) is 1. The van der Waals surface area contributed by atoms with Gasteiger partial charge in [0.1, 0.15) is 0 Å². The molecule has 0 atom stereocenters. The number of fused-ring (bicyclic) bond motifs is 1. The van der Waals surface area contributed by atoms with Crippen molar-refractivity contribution in [1.82, 2.24) is 15.2 Å². The number of hydrogen-bond acceptors (Lipinski definition) is 4. The molecule has 0 saturated heterocycles. The van der Waals surface area contributed by atoms with Gasteiger partial charge in [-0.15, -0.1) is 0 Å². The third kappa shape index (κ3) is 5.44. The molecule has 5 nitrogen and oxygen atoms in total. The van der Waals surface area contributed by atoms with Gasteiger partial charge < -0.3 is 10.2 Å². The lowest BCUT2D eigenvalue weighted by Crippen LogP contribution is -2.28. The van der Waals surface area contributed by atoms with Gasteiger partial charge >= 0.3 is 0 Å². The molecule has 2 amide bonds. The number of nitrogens with zero attached hydrogens (tertiary/aromatic N) is 2. The van der Waals surface area contributed by atoms with Gasteiger partial charge in [0.05, 0.1) is 21.9 Å². The van der Waals surface area contributed by atoms with E-state index < -0.39 is 0 Å². The van der Waals surface area contributed by atoms with Crippen molar-refractivity contribution in [3.8, 4) is 0 Å². The van der Waals surface area contributed by atoms with Crippen LogP contribution >= 0.6 is 11.8 Å². The summed E-state index contributed by atoms with van der Waals surface area (Å²) in [5.74, 6) is 0.240. The number of benzene rings is 2. The Balaban J connectivity index is 1.43. The topological polar surface area (TPSA) is 62.3 Å². The molecule has 3 aromatic rings. The van der Waals surface area contributed by atoms with Gasteiger partial charge in [-0.25, -0.2) is 4.98 Å². The number of amides is 2. The molecule has 1 heterocycles. The maximum absolute atomic E-state index is 12.7. The smallest absolute Gasteiger partial charge is 0.252 e. The van der Waals surface area contributed by atoms with Crippen LogP contribution in [0.2, 0.25) is 0 Å². The van der Waals surface area contributed by atoms with Crippen LogP contribution in [0.15, 0.2) is 59.6 Å². The Morgan fingerprint density at radius 2 is 1.81 bits per heavy atom. The average Bonchev–Trinajstić information content (AvgIpc) is 3.61. The van der Waals surface area contributed by atoms with Crippen molar-refractivity contribution >= 4 is 34.5 Å². The Hall–Kier alpha value is -2.86. The van der Waals surface area contributed by atoms with E-state index >= 15 is 0 Å². The van der Waals surface area contributed by atoms with Crippen LogP contribution in [-0.2, 0) is 17.8 Å². The van der Waals surface area contributed by atoms with Crippen molar-refractivity contribution in [2.75, 3.05) is 12.8 Å². The summed E-state index contributed by atoms with van der Waals surface area (Å²) in [5.41, 5.74) is 3.79. The zero-order valence-electron chi connectivity index (χ0n) is 17.9. The fourth-order valence-electron chi connectivity index (χ4n) is 3.39. The zero-order chi connectivity index (χ0) is 21.8. The molecule has 2 aromatic carbocycles. The Bertz CT molecular complexity index is 1090. The lowest BCUT2D eigenvalue weighted by Gasteiger charge is -2.17. The standard InChI is InChI=1S/C25H27N3O2S/c1-3-17-8-10-18(11-9-17)15-28(2)24(29)16-31-23-14-21(25(30)26-19-12-13-19)20-6-4-5-7-22(20)27-23/h4-11,14,19H,3,12-13,15-16H2,1-2H3,(H,26,30). The van der Waals surface area contributed by atoms with Gasteiger partial charge in [0.25, 0.3) is 5.91 Å². The first-order valence-corrected chi connectivity index (χ1v) is 11.7. The van der Waals surface area contributed by atoms with Gasteiger partial charge in [-0.1, -0.05) is 61.2 Å². The van der Waals surface area contributed by atoms with Crippen LogP contribution in [0.1, 0.15) is 41.3 Å². The van der Waals surface area contributed by atoms with Crippen LogP contribution in [0.5, 0.6) is 0 Å². The normalized spacial score (nSPS) is 13.2. The SMILES string of the molecule is CCc1ccc(CN(C)C(=O)CSc2cc(C(=O)NC3CC3)c3ccccc3n2)cc1. The highest BCUT2D eigenvalue weighted by Gasteiger charge is 2.25. The zero-order valence-corrected chi connectivity index (χ0v) is 18.7. The summed E-state index contributed by atoms with van der Waals surface area (Å²) in [5, 5.41) is 4.58. The second kappa shape index (κ2) is 9.52. The second-order valence-electron chi connectivity index (χ2n) is 7.98. The minimum Gasteiger partial charge on any atom is -0.349 e. The molecule has 1 aromatic heterocycles. The van der Waals surface area contributed by atoms with E-state index in [1.807, 2.05) is 37.4 Å². The lowest BCUT2D eigenvalue weighted by atomic mass is 10.1. The average molecular weight is 434 g/mol. The van der Waals surface area contributed by atoms with Gasteiger partial charge in [0, 0.05) is 25.0 Å². The van der Waals surface area contributed by atoms with Crippen LogP contribution in [0.25, 0.3) is 10.9 Å². The predicted molar refractivity (Wildman–Crippen MR) is 125 cm³/mol. The van der Waals surface area contributed by atoms with E-state index in [-0.39, 0.29) is 23.6 Å². The molecule has 4 rings (SSSR count). The van der Waals surface area contributed by atoms with E-state index in [0.29, 0.717) is 17.1 Å². The predicted octanol–water partition coefficient (Wildman–Crippen LogP) is 4.44. The molecule has 1 aliphatic carbocycles. The summed E-state index contributed by atoms with van der Waals surface area (Å²) in [4.78, 5) is 31.8. The Kier molecular flexibility index (Phi) is 6.56. The van der Waals surface area contributed by atoms with Gasteiger partial charge in [-0.05, 0) is 42.5 Å². The monoisotopic (exact) mass is 433 g/mol. The van der Waals surface area contributed by atoms with Gasteiger partial charge in [0.15, 0.2) is 0 Å². The Labute approximate surface area is 187 Å². The highest BCUT2D eigenvalue weighted by Crippen LogP contribution is 2.26. The molecule has 31 heavy (non-hydrogen) atoms. The van der Waals surface area contributed by atoms with Crippen molar-refractivity contribution < 1.29 is 9.59 Å². The van der Waals surface area contributed by atoms with E-state index in [2.05, 4.69) is 41.5 Å².